The largest absolute Gasteiger partial charge is 0.467 e. The van der Waals surface area contributed by atoms with Crippen molar-refractivity contribution in [2.75, 3.05) is 7.11 Å². The van der Waals surface area contributed by atoms with Crippen LogP contribution >= 0.6 is 12.4 Å². The van der Waals surface area contributed by atoms with Crippen molar-refractivity contribution in [2.24, 2.45) is 5.73 Å². The Bertz CT molecular complexity index is 149. The highest BCUT2D eigenvalue weighted by molar-refractivity contribution is 5.90. The Labute approximate surface area is 59.3 Å². The summed E-state index contributed by atoms with van der Waals surface area (Å²) in [5.74, 6) is -0.391. The lowest BCUT2D eigenvalue weighted by molar-refractivity contribution is -0.142. The van der Waals surface area contributed by atoms with Crippen molar-refractivity contribution in [1.29, 1.82) is 0 Å². The molecule has 0 spiro atoms. The first-order valence-corrected chi connectivity index (χ1v) is 2.27. The van der Waals surface area contributed by atoms with E-state index in [9.17, 15) is 4.79 Å². The smallest absolute Gasteiger partial charge is 0.333 e. The number of rotatable bonds is 1. The van der Waals surface area contributed by atoms with Gasteiger partial charge in [0, 0.05) is 0 Å². The summed E-state index contributed by atoms with van der Waals surface area (Å²) in [4.78, 5) is 10.5. The van der Waals surface area contributed by atoms with E-state index >= 15 is 0 Å². The summed E-state index contributed by atoms with van der Waals surface area (Å²) in [6, 6.07) is 0. The van der Waals surface area contributed by atoms with Gasteiger partial charge in [0.2, 0.25) is 0 Å². The zero-order chi connectivity index (χ0) is 6.20. The van der Waals surface area contributed by atoms with Gasteiger partial charge >= 0.3 is 5.97 Å². The molecule has 0 bridgehead atoms. The molecule has 1 rings (SSSR count). The number of ether oxygens (including phenoxy) is 1. The maximum atomic E-state index is 10.5. The Morgan fingerprint density at radius 2 is 2.11 bits per heavy atom. The van der Waals surface area contributed by atoms with Gasteiger partial charge in [-0.1, -0.05) is 12.2 Å². The molecule has 52 valence electrons. The number of esters is 1. The van der Waals surface area contributed by atoms with Gasteiger partial charge in [0.1, 0.15) is 0 Å². The van der Waals surface area contributed by atoms with E-state index in [4.69, 9.17) is 5.73 Å². The summed E-state index contributed by atoms with van der Waals surface area (Å²) in [5.41, 5.74) is 4.46. The zero-order valence-corrected chi connectivity index (χ0v) is 5.77. The predicted molar refractivity (Wildman–Crippen MR) is 35.3 cm³/mol. The van der Waals surface area contributed by atoms with Gasteiger partial charge in [-0.25, -0.2) is 4.79 Å². The van der Waals surface area contributed by atoms with Crippen LogP contribution < -0.4 is 5.73 Å². The fraction of sp³-hybridized carbons (Fsp3) is 0.400. The molecule has 0 aliphatic heterocycles. The van der Waals surface area contributed by atoms with Gasteiger partial charge in [-0.05, 0) is 0 Å². The van der Waals surface area contributed by atoms with Gasteiger partial charge < -0.3 is 10.5 Å². The molecule has 0 aromatic carbocycles. The van der Waals surface area contributed by atoms with Gasteiger partial charge in [0.15, 0.2) is 5.54 Å². The van der Waals surface area contributed by atoms with Crippen LogP contribution in [0.15, 0.2) is 12.2 Å². The minimum atomic E-state index is -0.852. The number of nitrogens with two attached hydrogens (primary N) is 1. The minimum absolute atomic E-state index is 0. The quantitative estimate of drug-likeness (QED) is 0.417. The predicted octanol–water partition coefficient (Wildman–Crippen LogP) is -0.152. The SMILES string of the molecule is COC(=O)C1(N)C=C1.Cl. The van der Waals surface area contributed by atoms with Crippen molar-refractivity contribution < 1.29 is 9.53 Å². The van der Waals surface area contributed by atoms with E-state index in [1.807, 2.05) is 0 Å². The zero-order valence-electron chi connectivity index (χ0n) is 4.96. The van der Waals surface area contributed by atoms with Gasteiger partial charge in [-0.15, -0.1) is 12.4 Å². The summed E-state index contributed by atoms with van der Waals surface area (Å²) in [6.07, 6.45) is 3.19. The van der Waals surface area contributed by atoms with E-state index in [1.165, 1.54) is 7.11 Å². The number of hydrogen-bond acceptors (Lipinski definition) is 3. The van der Waals surface area contributed by atoms with Gasteiger partial charge in [-0.3, -0.25) is 0 Å². The second kappa shape index (κ2) is 2.37. The van der Waals surface area contributed by atoms with E-state index in [0.29, 0.717) is 0 Å². The molecule has 0 aromatic heterocycles. The van der Waals surface area contributed by atoms with Crippen LogP contribution in [-0.2, 0) is 9.53 Å². The summed E-state index contributed by atoms with van der Waals surface area (Å²) in [7, 11) is 1.32. The molecule has 0 unspecified atom stereocenters. The molecule has 0 aromatic rings. The third kappa shape index (κ3) is 1.43. The highest BCUT2D eigenvalue weighted by Crippen LogP contribution is 2.20. The Hall–Kier alpha value is -0.540. The van der Waals surface area contributed by atoms with Crippen molar-refractivity contribution >= 4 is 18.4 Å². The topological polar surface area (TPSA) is 52.3 Å². The molecule has 0 fully saturated rings. The van der Waals surface area contributed by atoms with Crippen molar-refractivity contribution in [3.05, 3.63) is 12.2 Å². The second-order valence-corrected chi connectivity index (χ2v) is 1.76. The summed E-state index contributed by atoms with van der Waals surface area (Å²) in [6.45, 7) is 0. The highest BCUT2D eigenvalue weighted by Gasteiger charge is 2.38. The monoisotopic (exact) mass is 149 g/mol. The van der Waals surface area contributed by atoms with Crippen LogP contribution in [0.3, 0.4) is 0 Å². The first-order chi connectivity index (χ1) is 3.69. The Morgan fingerprint density at radius 1 is 1.67 bits per heavy atom. The van der Waals surface area contributed by atoms with Gasteiger partial charge in [-0.2, -0.15) is 0 Å². The van der Waals surface area contributed by atoms with Gasteiger partial charge in [0.25, 0.3) is 0 Å². The van der Waals surface area contributed by atoms with Crippen LogP contribution in [-0.4, -0.2) is 18.6 Å². The van der Waals surface area contributed by atoms with Crippen molar-refractivity contribution in [1.82, 2.24) is 0 Å². The molecule has 1 aliphatic rings. The number of halogens is 1. The van der Waals surface area contributed by atoms with E-state index in [-0.39, 0.29) is 12.4 Å². The van der Waals surface area contributed by atoms with E-state index in [2.05, 4.69) is 4.74 Å². The standard InChI is InChI=1S/C5H7NO2.ClH/c1-8-4(7)5(6)2-3-5;/h2-3H,6H2,1H3;1H. The van der Waals surface area contributed by atoms with E-state index < -0.39 is 11.5 Å². The molecule has 3 nitrogen and oxygen atoms in total. The van der Waals surface area contributed by atoms with Crippen LogP contribution in [0.2, 0.25) is 0 Å². The highest BCUT2D eigenvalue weighted by atomic mass is 35.5. The average Bonchev–Trinajstić information content (AvgIpc) is 2.47. The lowest BCUT2D eigenvalue weighted by Crippen LogP contribution is -2.35. The van der Waals surface area contributed by atoms with E-state index in [0.717, 1.165) is 0 Å². The molecular formula is C5H8ClNO2. The molecular weight excluding hydrogens is 142 g/mol. The molecule has 0 heterocycles. The Balaban J connectivity index is 0.000000640. The Kier molecular flexibility index (Phi) is 2.23. The number of carbonyl (C=O) groups excluding carboxylic acids is 1. The Morgan fingerprint density at radius 3 is 2.22 bits per heavy atom. The maximum Gasteiger partial charge on any atom is 0.333 e. The molecule has 9 heavy (non-hydrogen) atoms. The summed E-state index contributed by atoms with van der Waals surface area (Å²) < 4.78 is 4.35. The van der Waals surface area contributed by atoms with Gasteiger partial charge in [0.05, 0.1) is 7.11 Å². The van der Waals surface area contributed by atoms with Crippen LogP contribution in [0.5, 0.6) is 0 Å². The minimum Gasteiger partial charge on any atom is -0.467 e. The van der Waals surface area contributed by atoms with Crippen molar-refractivity contribution in [3.8, 4) is 0 Å². The van der Waals surface area contributed by atoms with Crippen molar-refractivity contribution in [2.45, 2.75) is 5.54 Å². The first-order valence-electron chi connectivity index (χ1n) is 2.27. The molecule has 2 N–H and O–H groups in total. The fourth-order valence-corrected chi connectivity index (χ4v) is 0.403. The molecule has 0 atom stereocenters. The molecule has 1 aliphatic carbocycles. The lowest BCUT2D eigenvalue weighted by atomic mass is 10.3. The van der Waals surface area contributed by atoms with Crippen LogP contribution in [0.4, 0.5) is 0 Å². The molecule has 0 saturated heterocycles. The van der Waals surface area contributed by atoms with E-state index in [1.54, 1.807) is 12.2 Å². The maximum absolute atomic E-state index is 10.5. The summed E-state index contributed by atoms with van der Waals surface area (Å²) >= 11 is 0. The molecule has 4 heteroatoms. The number of hydrogen-bond donors (Lipinski definition) is 1. The van der Waals surface area contributed by atoms with Crippen LogP contribution in [0, 0.1) is 0 Å². The molecule has 0 saturated carbocycles. The first kappa shape index (κ1) is 8.46. The third-order valence-corrected chi connectivity index (χ3v) is 1.06. The molecule has 0 radical (unpaired) electrons. The average molecular weight is 150 g/mol. The third-order valence-electron chi connectivity index (χ3n) is 1.06. The normalized spacial score (nSPS) is 18.0. The summed E-state index contributed by atoms with van der Waals surface area (Å²) in [5, 5.41) is 0. The van der Waals surface area contributed by atoms with Crippen molar-refractivity contribution in [3.63, 3.8) is 0 Å². The van der Waals surface area contributed by atoms with Crippen LogP contribution in [0.25, 0.3) is 0 Å². The molecule has 0 amide bonds. The second-order valence-electron chi connectivity index (χ2n) is 1.76. The fourth-order valence-electron chi connectivity index (χ4n) is 0.403. The van der Waals surface area contributed by atoms with Crippen LogP contribution in [0.1, 0.15) is 0 Å². The number of carbonyl (C=O) groups is 1. The number of methoxy groups -OCH3 is 1. The lowest BCUT2D eigenvalue weighted by Gasteiger charge is -2.03.